The molecule has 7 heteroatoms. The van der Waals surface area contributed by atoms with Crippen LogP contribution in [0, 0.1) is 0 Å². The molecule has 21 heavy (non-hydrogen) atoms. The lowest BCUT2D eigenvalue weighted by atomic mass is 9.97. The third kappa shape index (κ3) is 3.12. The molecule has 0 unspecified atom stereocenters. The van der Waals surface area contributed by atoms with Gasteiger partial charge in [-0.2, -0.15) is 8.78 Å². The number of amides is 2. The van der Waals surface area contributed by atoms with Crippen LogP contribution in [0.15, 0.2) is 24.3 Å². The van der Waals surface area contributed by atoms with Crippen LogP contribution in [-0.2, 0) is 4.79 Å². The largest absolute Gasteiger partial charge is 0.435 e. The van der Waals surface area contributed by atoms with E-state index < -0.39 is 18.1 Å². The first-order valence-corrected chi connectivity index (χ1v) is 6.47. The van der Waals surface area contributed by atoms with Crippen LogP contribution in [0.1, 0.15) is 24.2 Å². The maximum absolute atomic E-state index is 12.5. The molecule has 1 saturated heterocycles. The van der Waals surface area contributed by atoms with Gasteiger partial charge < -0.3 is 15.0 Å². The highest BCUT2D eigenvalue weighted by Gasteiger charge is 2.40. The van der Waals surface area contributed by atoms with E-state index in [0.717, 1.165) is 0 Å². The summed E-state index contributed by atoms with van der Waals surface area (Å²) in [5.74, 6) is -0.730. The van der Waals surface area contributed by atoms with Crippen molar-refractivity contribution >= 4 is 11.8 Å². The summed E-state index contributed by atoms with van der Waals surface area (Å²) in [7, 11) is 0. The minimum Gasteiger partial charge on any atom is -0.435 e. The monoisotopic (exact) mass is 298 g/mol. The smallest absolute Gasteiger partial charge is 0.387 e. The van der Waals surface area contributed by atoms with Gasteiger partial charge in [0.25, 0.3) is 5.91 Å². The number of carbonyl (C=O) groups is 2. The van der Waals surface area contributed by atoms with Gasteiger partial charge in [0.2, 0.25) is 5.91 Å². The average molecular weight is 298 g/mol. The normalized spacial score (nSPS) is 17.6. The van der Waals surface area contributed by atoms with Gasteiger partial charge in [-0.3, -0.25) is 9.59 Å². The molecule has 1 fully saturated rings. The summed E-state index contributed by atoms with van der Waals surface area (Å²) in [6.07, 6.45) is 0. The zero-order valence-corrected chi connectivity index (χ0v) is 11.7. The fraction of sp³-hybridized carbons (Fsp3) is 0.429. The predicted octanol–water partition coefficient (Wildman–Crippen LogP) is 1.64. The van der Waals surface area contributed by atoms with E-state index in [1.54, 1.807) is 13.8 Å². The highest BCUT2D eigenvalue weighted by molar-refractivity contribution is 5.99. The third-order valence-electron chi connectivity index (χ3n) is 3.40. The summed E-state index contributed by atoms with van der Waals surface area (Å²) in [6.45, 7) is 1.05. The summed E-state index contributed by atoms with van der Waals surface area (Å²) in [6, 6.07) is 5.55. The molecule has 0 aromatic heterocycles. The van der Waals surface area contributed by atoms with Crippen LogP contribution in [0.2, 0.25) is 0 Å². The molecule has 0 spiro atoms. The lowest BCUT2D eigenvalue weighted by molar-refractivity contribution is -0.133. The van der Waals surface area contributed by atoms with E-state index in [1.165, 1.54) is 29.2 Å². The Morgan fingerprint density at radius 3 is 2.81 bits per heavy atom. The van der Waals surface area contributed by atoms with Crippen LogP contribution in [0.25, 0.3) is 0 Å². The van der Waals surface area contributed by atoms with Gasteiger partial charge in [0, 0.05) is 18.7 Å². The van der Waals surface area contributed by atoms with E-state index in [4.69, 9.17) is 0 Å². The van der Waals surface area contributed by atoms with Crippen LogP contribution in [0.5, 0.6) is 5.75 Å². The van der Waals surface area contributed by atoms with Crippen molar-refractivity contribution in [2.24, 2.45) is 0 Å². The number of rotatable bonds is 3. The second-order valence-corrected chi connectivity index (χ2v) is 5.18. The first kappa shape index (κ1) is 15.2. The molecule has 1 aliphatic heterocycles. The van der Waals surface area contributed by atoms with Crippen molar-refractivity contribution in [1.29, 1.82) is 0 Å². The Morgan fingerprint density at radius 1 is 1.43 bits per heavy atom. The van der Waals surface area contributed by atoms with Crippen LogP contribution in [0.3, 0.4) is 0 Å². The molecule has 1 N–H and O–H groups in total. The van der Waals surface area contributed by atoms with Crippen molar-refractivity contribution < 1.29 is 23.1 Å². The van der Waals surface area contributed by atoms with Crippen molar-refractivity contribution in [1.82, 2.24) is 10.2 Å². The minimum atomic E-state index is -2.95. The summed E-state index contributed by atoms with van der Waals surface area (Å²) in [5.41, 5.74) is -0.787. The number of carbonyl (C=O) groups excluding carboxylic acids is 2. The molecule has 2 rings (SSSR count). The molecule has 0 bridgehead atoms. The number of nitrogens with one attached hydrogen (secondary N) is 1. The Balaban J connectivity index is 2.25. The van der Waals surface area contributed by atoms with Gasteiger partial charge in [-0.15, -0.1) is 0 Å². The molecule has 1 heterocycles. The molecule has 1 aromatic carbocycles. The fourth-order valence-electron chi connectivity index (χ4n) is 2.22. The topological polar surface area (TPSA) is 58.6 Å². The molecule has 114 valence electrons. The van der Waals surface area contributed by atoms with E-state index >= 15 is 0 Å². The molecule has 1 aliphatic rings. The van der Waals surface area contributed by atoms with Gasteiger partial charge in [-0.05, 0) is 32.0 Å². The molecule has 1 aromatic rings. The molecule has 0 saturated carbocycles. The Hall–Kier alpha value is -2.18. The SMILES string of the molecule is CC1(C)C(=O)NCCN1C(=O)c1cccc(OC(F)F)c1. The predicted molar refractivity (Wildman–Crippen MR) is 71.2 cm³/mol. The van der Waals surface area contributed by atoms with Crippen LogP contribution in [-0.4, -0.2) is 42.0 Å². The van der Waals surface area contributed by atoms with E-state index in [0.29, 0.717) is 13.1 Å². The Kier molecular flexibility index (Phi) is 4.11. The van der Waals surface area contributed by atoms with E-state index in [-0.39, 0.29) is 17.2 Å². The maximum atomic E-state index is 12.5. The zero-order valence-electron chi connectivity index (χ0n) is 11.7. The standard InChI is InChI=1S/C14H16F2N2O3/c1-14(2)12(20)17-6-7-18(14)11(19)9-4-3-5-10(8-9)21-13(15)16/h3-5,8,13H,6-7H2,1-2H3,(H,17,20). The number of hydrogen-bond donors (Lipinski definition) is 1. The number of nitrogens with zero attached hydrogens (tertiary/aromatic N) is 1. The lowest BCUT2D eigenvalue weighted by Gasteiger charge is -2.41. The molecule has 2 amide bonds. The number of ether oxygens (including phenoxy) is 1. The third-order valence-corrected chi connectivity index (χ3v) is 3.40. The highest BCUT2D eigenvalue weighted by atomic mass is 19.3. The summed E-state index contributed by atoms with van der Waals surface area (Å²) in [4.78, 5) is 25.8. The number of alkyl halides is 2. The Labute approximate surface area is 120 Å². The molecule has 5 nitrogen and oxygen atoms in total. The quantitative estimate of drug-likeness (QED) is 0.923. The Bertz CT molecular complexity index is 561. The number of benzene rings is 1. The second-order valence-electron chi connectivity index (χ2n) is 5.18. The molecular weight excluding hydrogens is 282 g/mol. The average Bonchev–Trinajstić information content (AvgIpc) is 2.40. The van der Waals surface area contributed by atoms with Gasteiger partial charge in [0.1, 0.15) is 11.3 Å². The zero-order chi connectivity index (χ0) is 15.6. The van der Waals surface area contributed by atoms with Gasteiger partial charge in [0.15, 0.2) is 0 Å². The van der Waals surface area contributed by atoms with Crippen molar-refractivity contribution in [3.05, 3.63) is 29.8 Å². The number of halogens is 2. The maximum Gasteiger partial charge on any atom is 0.387 e. The summed E-state index contributed by atoms with van der Waals surface area (Å²) < 4.78 is 28.7. The fourth-order valence-corrected chi connectivity index (χ4v) is 2.22. The van der Waals surface area contributed by atoms with Crippen molar-refractivity contribution in [3.63, 3.8) is 0 Å². The summed E-state index contributed by atoms with van der Waals surface area (Å²) >= 11 is 0. The van der Waals surface area contributed by atoms with E-state index in [1.807, 2.05) is 0 Å². The van der Waals surface area contributed by atoms with Crippen LogP contribution < -0.4 is 10.1 Å². The van der Waals surface area contributed by atoms with Gasteiger partial charge >= 0.3 is 6.61 Å². The van der Waals surface area contributed by atoms with Crippen molar-refractivity contribution in [2.45, 2.75) is 26.0 Å². The van der Waals surface area contributed by atoms with E-state index in [9.17, 15) is 18.4 Å². The van der Waals surface area contributed by atoms with Crippen LogP contribution in [0.4, 0.5) is 8.78 Å². The van der Waals surface area contributed by atoms with Gasteiger partial charge in [0.05, 0.1) is 0 Å². The minimum absolute atomic E-state index is 0.0879. The lowest BCUT2D eigenvalue weighted by Crippen LogP contribution is -2.63. The molecule has 0 radical (unpaired) electrons. The van der Waals surface area contributed by atoms with Gasteiger partial charge in [-0.25, -0.2) is 0 Å². The van der Waals surface area contributed by atoms with Crippen LogP contribution >= 0.6 is 0 Å². The molecule has 0 aliphatic carbocycles. The summed E-state index contributed by atoms with van der Waals surface area (Å²) in [5, 5.41) is 2.69. The number of piperazine rings is 1. The molecular formula is C14H16F2N2O3. The second kappa shape index (κ2) is 5.67. The Morgan fingerprint density at radius 2 is 2.14 bits per heavy atom. The van der Waals surface area contributed by atoms with Crippen molar-refractivity contribution in [3.8, 4) is 5.75 Å². The van der Waals surface area contributed by atoms with Gasteiger partial charge in [-0.1, -0.05) is 6.07 Å². The molecule has 0 atom stereocenters. The van der Waals surface area contributed by atoms with Crippen molar-refractivity contribution in [2.75, 3.05) is 13.1 Å². The first-order valence-electron chi connectivity index (χ1n) is 6.47. The highest BCUT2D eigenvalue weighted by Crippen LogP contribution is 2.23. The first-order chi connectivity index (χ1) is 9.82. The number of hydrogen-bond acceptors (Lipinski definition) is 3. The van der Waals surface area contributed by atoms with E-state index in [2.05, 4.69) is 10.1 Å².